The van der Waals surface area contributed by atoms with E-state index in [1.165, 1.54) is 37.5 Å². The maximum atomic E-state index is 2.38. The molecule has 0 N–H and O–H groups in total. The van der Waals surface area contributed by atoms with Gasteiger partial charge in [0.1, 0.15) is 0 Å². The molecule has 0 saturated carbocycles. The molecule has 0 radical (unpaired) electrons. The molecular weight excluding hydrogens is 366 g/mol. The fraction of sp³-hybridized carbons (Fsp3) is 1.00. The lowest BCUT2D eigenvalue weighted by Gasteiger charge is -2.19. The molecule has 0 aliphatic carbocycles. The average molecular weight is 396 g/mol. The van der Waals surface area contributed by atoms with Crippen LogP contribution in [0.5, 0.6) is 0 Å². The Kier molecular flexibility index (Phi) is 24.1. The van der Waals surface area contributed by atoms with E-state index in [0.29, 0.717) is 15.8 Å². The molecule has 0 bridgehead atoms. The zero-order chi connectivity index (χ0) is 10.8. The fourth-order valence-corrected chi connectivity index (χ4v) is 7.01. The number of halogens is 2. The van der Waals surface area contributed by atoms with Crippen molar-refractivity contribution in [1.29, 1.82) is 0 Å². The van der Waals surface area contributed by atoms with E-state index >= 15 is 0 Å². The summed E-state index contributed by atoms with van der Waals surface area (Å²) in [6, 6.07) is 0. The molecule has 0 saturated heterocycles. The van der Waals surface area contributed by atoms with Gasteiger partial charge < -0.3 is 0 Å². The smallest absolute Gasteiger partial charge is 0.0286 e. The molecule has 0 fully saturated rings. The zero-order valence-electron chi connectivity index (χ0n) is 11.4. The van der Waals surface area contributed by atoms with Crippen molar-refractivity contribution in [3.05, 3.63) is 0 Å². The summed E-state index contributed by atoms with van der Waals surface area (Å²) in [5.41, 5.74) is 0. The third kappa shape index (κ3) is 12.3. The van der Waals surface area contributed by atoms with E-state index in [1.807, 2.05) is 0 Å². The molecule has 4 heteroatoms. The molecular formula is C12H30Br2P2. The van der Waals surface area contributed by atoms with Crippen LogP contribution in [0.4, 0.5) is 0 Å². The van der Waals surface area contributed by atoms with Crippen LogP contribution in [0.2, 0.25) is 0 Å². The second-order valence-corrected chi connectivity index (χ2v) is 9.61. The minimum absolute atomic E-state index is 0. The Morgan fingerprint density at radius 3 is 1.06 bits per heavy atom. The lowest BCUT2D eigenvalue weighted by molar-refractivity contribution is 1.08. The van der Waals surface area contributed by atoms with Crippen LogP contribution in [0.15, 0.2) is 0 Å². The highest BCUT2D eigenvalue weighted by atomic mass is 79.9. The van der Waals surface area contributed by atoms with Gasteiger partial charge in [0.25, 0.3) is 0 Å². The first-order valence-corrected chi connectivity index (χ1v) is 10.0. The van der Waals surface area contributed by atoms with Gasteiger partial charge in [-0.1, -0.05) is 40.5 Å². The highest BCUT2D eigenvalue weighted by Crippen LogP contribution is 2.43. The van der Waals surface area contributed by atoms with Crippen molar-refractivity contribution >= 4 is 49.8 Å². The van der Waals surface area contributed by atoms with Gasteiger partial charge in [0.05, 0.1) is 0 Å². The van der Waals surface area contributed by atoms with Gasteiger partial charge in [0.15, 0.2) is 0 Å². The van der Waals surface area contributed by atoms with E-state index in [0.717, 1.165) is 0 Å². The van der Waals surface area contributed by atoms with Crippen molar-refractivity contribution in [1.82, 2.24) is 0 Å². The van der Waals surface area contributed by atoms with E-state index in [1.54, 1.807) is 12.3 Å². The standard InChI is InChI=1S/C12H28P2.2BrH/c1-5-9-13(7-3)11-12-14(8-4)10-6-2;;/h5-12H2,1-4H3;2*1H. The first kappa shape index (κ1) is 23.0. The molecule has 2 atom stereocenters. The van der Waals surface area contributed by atoms with Crippen molar-refractivity contribution in [2.45, 2.75) is 40.5 Å². The Bertz CT molecular complexity index is 110. The zero-order valence-corrected chi connectivity index (χ0v) is 16.6. The second-order valence-electron chi connectivity index (χ2n) is 3.87. The lowest BCUT2D eigenvalue weighted by atomic mass is 10.6. The van der Waals surface area contributed by atoms with Crippen LogP contribution in [0.3, 0.4) is 0 Å². The topological polar surface area (TPSA) is 0 Å². The van der Waals surface area contributed by atoms with Crippen LogP contribution in [0.25, 0.3) is 0 Å². The Morgan fingerprint density at radius 2 is 0.875 bits per heavy atom. The molecule has 102 valence electrons. The molecule has 0 amide bonds. The number of rotatable bonds is 9. The molecule has 0 spiro atoms. The van der Waals surface area contributed by atoms with E-state index in [4.69, 9.17) is 0 Å². The van der Waals surface area contributed by atoms with Crippen LogP contribution in [0.1, 0.15) is 40.5 Å². The Labute approximate surface area is 127 Å². The third-order valence-electron chi connectivity index (χ3n) is 2.71. The predicted molar refractivity (Wildman–Crippen MR) is 95.6 cm³/mol. The first-order valence-electron chi connectivity index (χ1n) is 6.23. The number of hydrogen-bond donors (Lipinski definition) is 0. The van der Waals surface area contributed by atoms with Crippen LogP contribution in [-0.4, -0.2) is 37.0 Å². The van der Waals surface area contributed by atoms with Crippen molar-refractivity contribution < 1.29 is 0 Å². The summed E-state index contributed by atoms with van der Waals surface area (Å²) in [6.45, 7) is 9.43. The van der Waals surface area contributed by atoms with Gasteiger partial charge in [-0.25, -0.2) is 0 Å². The maximum absolute atomic E-state index is 2.38. The van der Waals surface area contributed by atoms with Gasteiger partial charge >= 0.3 is 0 Å². The Morgan fingerprint density at radius 1 is 0.562 bits per heavy atom. The quantitative estimate of drug-likeness (QED) is 0.422. The summed E-state index contributed by atoms with van der Waals surface area (Å²) in [5.74, 6) is 0. The summed E-state index contributed by atoms with van der Waals surface area (Å²) >= 11 is 0. The fourth-order valence-electron chi connectivity index (χ4n) is 1.77. The highest BCUT2D eigenvalue weighted by molar-refractivity contribution is 8.93. The van der Waals surface area contributed by atoms with E-state index in [9.17, 15) is 0 Å². The largest absolute Gasteiger partial charge is 0.114 e. The van der Waals surface area contributed by atoms with Crippen molar-refractivity contribution in [3.8, 4) is 0 Å². The monoisotopic (exact) mass is 394 g/mol. The average Bonchev–Trinajstić information content (AvgIpc) is 2.22. The van der Waals surface area contributed by atoms with Crippen LogP contribution < -0.4 is 0 Å². The molecule has 0 rings (SSSR count). The van der Waals surface area contributed by atoms with Gasteiger partial charge in [0, 0.05) is 0 Å². The second kappa shape index (κ2) is 16.8. The predicted octanol–water partition coefficient (Wildman–Crippen LogP) is 5.97. The van der Waals surface area contributed by atoms with Crippen molar-refractivity contribution in [2.75, 3.05) is 37.0 Å². The molecule has 0 aromatic rings. The van der Waals surface area contributed by atoms with E-state index in [-0.39, 0.29) is 34.0 Å². The van der Waals surface area contributed by atoms with Crippen LogP contribution >= 0.6 is 49.8 Å². The minimum atomic E-state index is 0. The summed E-state index contributed by atoms with van der Waals surface area (Å²) in [7, 11) is 0.817. The molecule has 16 heavy (non-hydrogen) atoms. The summed E-state index contributed by atoms with van der Waals surface area (Å²) in [6.07, 6.45) is 11.9. The van der Waals surface area contributed by atoms with Gasteiger partial charge in [-0.05, 0) is 37.0 Å². The summed E-state index contributed by atoms with van der Waals surface area (Å²) in [5, 5.41) is 0. The third-order valence-corrected chi connectivity index (χ3v) is 8.72. The van der Waals surface area contributed by atoms with Gasteiger partial charge in [-0.15, -0.1) is 49.8 Å². The molecule has 0 aromatic carbocycles. The molecule has 0 nitrogen and oxygen atoms in total. The first-order chi connectivity index (χ1) is 6.78. The van der Waals surface area contributed by atoms with Crippen molar-refractivity contribution in [2.24, 2.45) is 0 Å². The molecule has 0 aliphatic rings. The van der Waals surface area contributed by atoms with E-state index in [2.05, 4.69) is 27.7 Å². The normalized spacial score (nSPS) is 13.5. The molecule has 0 aromatic heterocycles. The summed E-state index contributed by atoms with van der Waals surface area (Å²) in [4.78, 5) is 0. The van der Waals surface area contributed by atoms with Gasteiger partial charge in [-0.2, -0.15) is 0 Å². The molecule has 0 aliphatic heterocycles. The minimum Gasteiger partial charge on any atom is -0.114 e. The van der Waals surface area contributed by atoms with E-state index < -0.39 is 0 Å². The Hall–Kier alpha value is 1.82. The van der Waals surface area contributed by atoms with Crippen molar-refractivity contribution in [3.63, 3.8) is 0 Å². The summed E-state index contributed by atoms with van der Waals surface area (Å²) < 4.78 is 0. The molecule has 2 unspecified atom stereocenters. The van der Waals surface area contributed by atoms with Crippen LogP contribution in [-0.2, 0) is 0 Å². The van der Waals surface area contributed by atoms with Crippen LogP contribution in [0, 0.1) is 0 Å². The van der Waals surface area contributed by atoms with Gasteiger partial charge in [0.2, 0.25) is 0 Å². The maximum Gasteiger partial charge on any atom is -0.0286 e. The highest BCUT2D eigenvalue weighted by Gasteiger charge is 2.08. The lowest BCUT2D eigenvalue weighted by Crippen LogP contribution is -1.99. The molecule has 0 heterocycles. The Balaban J connectivity index is -0.000000845. The number of hydrogen-bond acceptors (Lipinski definition) is 0. The van der Waals surface area contributed by atoms with Gasteiger partial charge in [-0.3, -0.25) is 0 Å². The SMILES string of the molecule is Br.Br.CCCP(CC)CCP(CC)CCC.